The average Bonchev–Trinajstić information content (AvgIpc) is 3.35. The molecule has 6 nitrogen and oxygen atoms in total. The number of hydrogen-bond donors (Lipinski definition) is 1. The van der Waals surface area contributed by atoms with Crippen LogP contribution in [0.25, 0.3) is 0 Å². The number of likely N-dealkylation sites (tertiary alicyclic amines) is 1. The van der Waals surface area contributed by atoms with Crippen molar-refractivity contribution in [1.29, 1.82) is 0 Å². The third-order valence-electron chi connectivity index (χ3n) is 5.47. The summed E-state index contributed by atoms with van der Waals surface area (Å²) in [5, 5.41) is 3.14. The van der Waals surface area contributed by atoms with Crippen LogP contribution in [0.2, 0.25) is 0 Å². The minimum Gasteiger partial charge on any atom is -0.474 e. The van der Waals surface area contributed by atoms with Crippen LogP contribution in [-0.2, 0) is 4.79 Å². The number of alkyl halides is 3. The predicted octanol–water partition coefficient (Wildman–Crippen LogP) is 2.99. The van der Waals surface area contributed by atoms with Crippen LogP contribution in [0.3, 0.4) is 0 Å². The van der Waals surface area contributed by atoms with E-state index in [9.17, 15) is 18.0 Å². The summed E-state index contributed by atoms with van der Waals surface area (Å²) in [5.41, 5.74) is -0.777. The molecule has 1 atom stereocenters. The van der Waals surface area contributed by atoms with Gasteiger partial charge in [0.25, 0.3) is 5.88 Å². The number of amides is 1. The number of piperidine rings is 1. The first-order chi connectivity index (χ1) is 13.0. The molecule has 1 aromatic rings. The van der Waals surface area contributed by atoms with Crippen molar-refractivity contribution in [2.24, 2.45) is 10.8 Å². The third kappa shape index (κ3) is 4.87. The molecule has 156 valence electrons. The van der Waals surface area contributed by atoms with Gasteiger partial charge in [0.15, 0.2) is 5.75 Å². The first-order valence-corrected chi connectivity index (χ1v) is 9.34. The van der Waals surface area contributed by atoms with E-state index in [1.54, 1.807) is 13.8 Å². The van der Waals surface area contributed by atoms with Crippen LogP contribution in [-0.4, -0.2) is 54.9 Å². The van der Waals surface area contributed by atoms with Crippen molar-refractivity contribution in [2.75, 3.05) is 26.7 Å². The Morgan fingerprint density at radius 2 is 2.11 bits per heavy atom. The summed E-state index contributed by atoms with van der Waals surface area (Å²) >= 11 is 0. The summed E-state index contributed by atoms with van der Waals surface area (Å²) in [6.07, 6.45) is -0.443. The van der Waals surface area contributed by atoms with Gasteiger partial charge in [0, 0.05) is 24.2 Å². The number of nitrogens with zero attached hydrogens (tertiary/aromatic N) is 2. The summed E-state index contributed by atoms with van der Waals surface area (Å²) in [6, 6.07) is 2.56. The largest absolute Gasteiger partial charge is 0.573 e. The van der Waals surface area contributed by atoms with E-state index in [-0.39, 0.29) is 29.9 Å². The van der Waals surface area contributed by atoms with Crippen molar-refractivity contribution >= 4 is 5.91 Å². The van der Waals surface area contributed by atoms with Crippen LogP contribution in [0.5, 0.6) is 11.6 Å². The van der Waals surface area contributed by atoms with Crippen molar-refractivity contribution in [3.8, 4) is 11.6 Å². The molecule has 1 aliphatic heterocycles. The van der Waals surface area contributed by atoms with E-state index in [4.69, 9.17) is 4.74 Å². The van der Waals surface area contributed by atoms with E-state index in [0.29, 0.717) is 0 Å². The second kappa shape index (κ2) is 7.42. The Hall–Kier alpha value is -2.03. The van der Waals surface area contributed by atoms with Crippen LogP contribution in [0.15, 0.2) is 18.3 Å². The highest BCUT2D eigenvalue weighted by Crippen LogP contribution is 2.52. The van der Waals surface area contributed by atoms with E-state index in [0.717, 1.165) is 38.4 Å². The highest BCUT2D eigenvalue weighted by Gasteiger charge is 2.52. The van der Waals surface area contributed by atoms with Gasteiger partial charge in [-0.1, -0.05) is 0 Å². The van der Waals surface area contributed by atoms with E-state index >= 15 is 0 Å². The van der Waals surface area contributed by atoms with Crippen molar-refractivity contribution < 1.29 is 27.4 Å². The Bertz CT molecular complexity index is 720. The quantitative estimate of drug-likeness (QED) is 0.794. The average molecular weight is 401 g/mol. The molecule has 1 N–H and O–H groups in total. The Kier molecular flexibility index (Phi) is 5.49. The van der Waals surface area contributed by atoms with Crippen LogP contribution in [0.1, 0.15) is 33.1 Å². The van der Waals surface area contributed by atoms with E-state index in [2.05, 4.69) is 27.0 Å². The lowest BCUT2D eigenvalue weighted by Gasteiger charge is -2.39. The van der Waals surface area contributed by atoms with Crippen molar-refractivity contribution in [3.63, 3.8) is 0 Å². The Morgan fingerprint density at radius 1 is 1.39 bits per heavy atom. The van der Waals surface area contributed by atoms with Gasteiger partial charge in [0.1, 0.15) is 6.61 Å². The minimum absolute atomic E-state index is 0.120. The zero-order valence-electron chi connectivity index (χ0n) is 16.3. The molecule has 0 aromatic carbocycles. The molecule has 1 aromatic heterocycles. The molecule has 1 spiro atoms. The maximum absolute atomic E-state index is 12.8. The number of rotatable bonds is 6. The fraction of sp³-hybridized carbons (Fsp3) is 0.684. The Balaban J connectivity index is 1.60. The number of carbonyl (C=O) groups excluding carboxylic acids is 1. The van der Waals surface area contributed by atoms with Gasteiger partial charge in [-0.2, -0.15) is 0 Å². The molecule has 3 rings (SSSR count). The SMILES string of the molecule is CN1CCC(NC(=O)C(C)(C)COc2ncccc2OC(F)(F)F)C2(CC2)C1. The van der Waals surface area contributed by atoms with Gasteiger partial charge in [0.05, 0.1) is 5.41 Å². The summed E-state index contributed by atoms with van der Waals surface area (Å²) < 4.78 is 46.9. The van der Waals surface area contributed by atoms with Crippen LogP contribution < -0.4 is 14.8 Å². The molecule has 0 radical (unpaired) electrons. The molecule has 1 aliphatic carbocycles. The highest BCUT2D eigenvalue weighted by molar-refractivity contribution is 5.82. The maximum atomic E-state index is 12.8. The molecule has 1 amide bonds. The molecular formula is C19H26F3N3O3. The molecule has 2 aliphatic rings. The monoisotopic (exact) mass is 401 g/mol. The lowest BCUT2D eigenvalue weighted by molar-refractivity contribution is -0.275. The number of carbonyl (C=O) groups is 1. The normalized spacial score (nSPS) is 22.0. The van der Waals surface area contributed by atoms with Gasteiger partial charge in [-0.25, -0.2) is 4.98 Å². The van der Waals surface area contributed by atoms with Crippen molar-refractivity contribution in [1.82, 2.24) is 15.2 Å². The third-order valence-corrected chi connectivity index (χ3v) is 5.47. The molecule has 0 bridgehead atoms. The number of ether oxygens (including phenoxy) is 2. The lowest BCUT2D eigenvalue weighted by Crippen LogP contribution is -2.54. The van der Waals surface area contributed by atoms with Crippen molar-refractivity contribution in [2.45, 2.75) is 45.5 Å². The molecule has 2 fully saturated rings. The smallest absolute Gasteiger partial charge is 0.474 e. The number of hydrogen-bond acceptors (Lipinski definition) is 5. The van der Waals surface area contributed by atoms with Gasteiger partial charge in [0.2, 0.25) is 5.91 Å². The first kappa shape index (κ1) is 20.7. The van der Waals surface area contributed by atoms with E-state index in [1.165, 1.54) is 12.3 Å². The number of nitrogens with one attached hydrogen (secondary N) is 1. The van der Waals surface area contributed by atoms with Gasteiger partial charge >= 0.3 is 6.36 Å². The molecule has 9 heteroatoms. The minimum atomic E-state index is -4.85. The zero-order valence-corrected chi connectivity index (χ0v) is 16.3. The van der Waals surface area contributed by atoms with Crippen LogP contribution >= 0.6 is 0 Å². The number of aromatic nitrogens is 1. The standard InChI is InChI=1S/C19H26F3N3O3/c1-17(2,12-27-15-13(5-4-9-23-15)28-19(20,21)22)16(26)24-14-6-10-25(3)11-18(14)7-8-18/h4-5,9,14H,6-8,10-12H2,1-3H3,(H,24,26). The second-order valence-corrected chi connectivity index (χ2v) is 8.44. The first-order valence-electron chi connectivity index (χ1n) is 9.34. The molecule has 28 heavy (non-hydrogen) atoms. The Labute approximate surface area is 162 Å². The van der Waals surface area contributed by atoms with Crippen LogP contribution in [0.4, 0.5) is 13.2 Å². The number of halogens is 3. The van der Waals surface area contributed by atoms with E-state index < -0.39 is 17.5 Å². The van der Waals surface area contributed by atoms with Gasteiger partial charge in [-0.15, -0.1) is 13.2 Å². The molecule has 2 heterocycles. The summed E-state index contributed by atoms with van der Waals surface area (Å²) in [5.74, 6) is -1.00. The lowest BCUT2D eigenvalue weighted by atomic mass is 9.86. The summed E-state index contributed by atoms with van der Waals surface area (Å²) in [6.45, 7) is 5.18. The highest BCUT2D eigenvalue weighted by atomic mass is 19.4. The maximum Gasteiger partial charge on any atom is 0.573 e. The zero-order chi connectivity index (χ0) is 20.6. The van der Waals surface area contributed by atoms with Gasteiger partial charge in [-0.3, -0.25) is 4.79 Å². The summed E-state index contributed by atoms with van der Waals surface area (Å²) in [4.78, 5) is 18.9. The number of pyridine rings is 1. The Morgan fingerprint density at radius 3 is 2.75 bits per heavy atom. The molecule has 1 saturated heterocycles. The fourth-order valence-electron chi connectivity index (χ4n) is 3.63. The second-order valence-electron chi connectivity index (χ2n) is 8.44. The van der Waals surface area contributed by atoms with Crippen LogP contribution in [0, 0.1) is 10.8 Å². The van der Waals surface area contributed by atoms with Gasteiger partial charge in [-0.05, 0) is 58.8 Å². The predicted molar refractivity (Wildman–Crippen MR) is 95.9 cm³/mol. The summed E-state index contributed by atoms with van der Waals surface area (Å²) in [7, 11) is 2.09. The van der Waals surface area contributed by atoms with E-state index in [1.807, 2.05) is 0 Å². The topological polar surface area (TPSA) is 63.7 Å². The molecule has 1 saturated carbocycles. The van der Waals surface area contributed by atoms with Crippen molar-refractivity contribution in [3.05, 3.63) is 18.3 Å². The fourth-order valence-corrected chi connectivity index (χ4v) is 3.63. The molecule has 1 unspecified atom stereocenters. The van der Waals surface area contributed by atoms with Gasteiger partial charge < -0.3 is 19.7 Å². The molecular weight excluding hydrogens is 375 g/mol.